The molecule has 0 aliphatic carbocycles. The van der Waals surface area contributed by atoms with E-state index in [1.54, 1.807) is 49.8 Å². The van der Waals surface area contributed by atoms with Crippen LogP contribution in [0.2, 0.25) is 0 Å². The topological polar surface area (TPSA) is 118 Å². The Morgan fingerprint density at radius 3 is 2.44 bits per heavy atom. The number of hydrogen-bond acceptors (Lipinski definition) is 8. The normalized spacial score (nSPS) is 13.6. The van der Waals surface area contributed by atoms with Crippen LogP contribution in [0.15, 0.2) is 48.8 Å². The molecule has 1 aliphatic heterocycles. The number of benzene rings is 2. The lowest BCUT2D eigenvalue weighted by Crippen LogP contribution is -2.38. The first kappa shape index (κ1) is 23.0. The first-order valence-electron chi connectivity index (χ1n) is 10.9. The number of rotatable bonds is 7. The van der Waals surface area contributed by atoms with E-state index in [1.807, 2.05) is 6.07 Å². The van der Waals surface area contributed by atoms with Gasteiger partial charge in [0.2, 0.25) is 5.95 Å². The molecule has 9 nitrogen and oxygen atoms in total. The van der Waals surface area contributed by atoms with Crippen LogP contribution in [0.3, 0.4) is 0 Å². The summed E-state index contributed by atoms with van der Waals surface area (Å²) in [6, 6.07) is 12.7. The van der Waals surface area contributed by atoms with Gasteiger partial charge in [-0.1, -0.05) is 6.07 Å². The second kappa shape index (κ2) is 10.6. The van der Waals surface area contributed by atoms with Crippen molar-refractivity contribution in [2.24, 2.45) is 0 Å². The summed E-state index contributed by atoms with van der Waals surface area (Å²) in [5.41, 5.74) is 3.22. The lowest BCUT2D eigenvalue weighted by Gasteiger charge is -2.23. The largest absolute Gasteiger partial charge is 0.495 e. The van der Waals surface area contributed by atoms with E-state index in [0.717, 1.165) is 24.0 Å². The number of hydrogen-bond donors (Lipinski definition) is 2. The molecule has 0 bridgehead atoms. The highest BCUT2D eigenvalue weighted by molar-refractivity contribution is 5.95. The fraction of sp³-hybridized carbons (Fsp3) is 0.280. The number of amides is 1. The molecule has 0 spiro atoms. The van der Waals surface area contributed by atoms with E-state index in [2.05, 4.69) is 26.7 Å². The average molecular weight is 460 g/mol. The molecule has 2 heterocycles. The fourth-order valence-corrected chi connectivity index (χ4v) is 3.67. The van der Waals surface area contributed by atoms with Gasteiger partial charge in [0, 0.05) is 42.8 Å². The smallest absolute Gasteiger partial charge is 0.251 e. The van der Waals surface area contributed by atoms with Gasteiger partial charge in [0.05, 0.1) is 25.5 Å². The van der Waals surface area contributed by atoms with Crippen LogP contribution < -0.4 is 20.1 Å². The molecule has 4 rings (SSSR count). The van der Waals surface area contributed by atoms with Crippen molar-refractivity contribution in [3.05, 3.63) is 59.9 Å². The van der Waals surface area contributed by atoms with Crippen LogP contribution in [0.4, 0.5) is 11.6 Å². The zero-order valence-electron chi connectivity index (χ0n) is 19.0. The molecule has 1 saturated heterocycles. The quantitative estimate of drug-likeness (QED) is 0.549. The van der Waals surface area contributed by atoms with Gasteiger partial charge in [0.15, 0.2) is 0 Å². The molecule has 1 aliphatic rings. The van der Waals surface area contributed by atoms with Gasteiger partial charge < -0.3 is 24.8 Å². The minimum absolute atomic E-state index is 0.119. The van der Waals surface area contributed by atoms with Crippen molar-refractivity contribution in [1.29, 1.82) is 5.26 Å². The first-order valence-corrected chi connectivity index (χ1v) is 10.9. The number of ether oxygens (including phenoxy) is 3. The predicted octanol–water partition coefficient (Wildman–Crippen LogP) is 3.68. The number of methoxy groups -OCH3 is 2. The minimum Gasteiger partial charge on any atom is -0.495 e. The third-order valence-corrected chi connectivity index (χ3v) is 5.57. The van der Waals surface area contributed by atoms with E-state index in [1.165, 1.54) is 7.11 Å². The van der Waals surface area contributed by atoms with Crippen molar-refractivity contribution < 1.29 is 19.0 Å². The summed E-state index contributed by atoms with van der Waals surface area (Å²) < 4.78 is 16.1. The lowest BCUT2D eigenvalue weighted by atomic mass is 10.1. The van der Waals surface area contributed by atoms with Gasteiger partial charge >= 0.3 is 0 Å². The van der Waals surface area contributed by atoms with Crippen molar-refractivity contribution in [2.45, 2.75) is 18.9 Å². The summed E-state index contributed by atoms with van der Waals surface area (Å²) >= 11 is 0. The van der Waals surface area contributed by atoms with Crippen molar-refractivity contribution in [3.8, 4) is 28.7 Å². The van der Waals surface area contributed by atoms with Gasteiger partial charge in [-0.3, -0.25) is 4.79 Å². The molecule has 9 heteroatoms. The Hall–Kier alpha value is -4.16. The molecule has 174 valence electrons. The number of aromatic nitrogens is 2. The van der Waals surface area contributed by atoms with Gasteiger partial charge in [-0.05, 0) is 48.7 Å². The van der Waals surface area contributed by atoms with Crippen molar-refractivity contribution in [1.82, 2.24) is 15.3 Å². The van der Waals surface area contributed by atoms with E-state index < -0.39 is 0 Å². The van der Waals surface area contributed by atoms with E-state index in [-0.39, 0.29) is 11.9 Å². The summed E-state index contributed by atoms with van der Waals surface area (Å²) in [5, 5.41) is 15.3. The number of carbonyl (C=O) groups is 1. The molecule has 0 radical (unpaired) electrons. The van der Waals surface area contributed by atoms with Gasteiger partial charge in [-0.2, -0.15) is 5.26 Å². The second-order valence-electron chi connectivity index (χ2n) is 7.72. The van der Waals surface area contributed by atoms with Gasteiger partial charge in [-0.25, -0.2) is 9.97 Å². The van der Waals surface area contributed by atoms with Crippen LogP contribution in [0.5, 0.6) is 11.5 Å². The molecule has 2 aromatic carbocycles. The number of nitrogens with one attached hydrogen (secondary N) is 2. The van der Waals surface area contributed by atoms with Crippen molar-refractivity contribution in [2.75, 3.05) is 32.8 Å². The van der Waals surface area contributed by atoms with Crippen LogP contribution in [-0.2, 0) is 4.74 Å². The van der Waals surface area contributed by atoms with Crippen LogP contribution in [0.25, 0.3) is 11.1 Å². The van der Waals surface area contributed by atoms with Gasteiger partial charge in [0.25, 0.3) is 5.91 Å². The summed E-state index contributed by atoms with van der Waals surface area (Å²) in [7, 11) is 3.07. The molecule has 1 amide bonds. The Labute approximate surface area is 197 Å². The molecule has 2 N–H and O–H groups in total. The maximum absolute atomic E-state index is 12.6. The summed E-state index contributed by atoms with van der Waals surface area (Å²) in [4.78, 5) is 21.4. The zero-order chi connectivity index (χ0) is 23.9. The number of carbonyl (C=O) groups excluding carboxylic acids is 1. The van der Waals surface area contributed by atoms with E-state index in [4.69, 9.17) is 19.5 Å². The monoisotopic (exact) mass is 459 g/mol. The number of anilines is 2. The SMILES string of the molecule is COc1cc(-c2cnc(Nc3ccc(C(=O)NC4CCOCC4)cc3OC)nc2)ccc1C#N. The van der Waals surface area contributed by atoms with E-state index in [9.17, 15) is 4.79 Å². The van der Waals surface area contributed by atoms with Crippen molar-refractivity contribution >= 4 is 17.5 Å². The Bertz CT molecular complexity index is 1200. The standard InChI is InChI=1S/C25H25N5O4/c1-32-22-11-16(3-4-18(22)13-26)19-14-27-25(28-15-19)30-21-6-5-17(12-23(21)33-2)24(31)29-20-7-9-34-10-8-20/h3-6,11-12,14-15,20H,7-10H2,1-2H3,(H,29,31)(H,27,28,30). The van der Waals surface area contributed by atoms with Gasteiger partial charge in [0.1, 0.15) is 17.6 Å². The molecule has 0 unspecified atom stereocenters. The Morgan fingerprint density at radius 1 is 1.03 bits per heavy atom. The third-order valence-electron chi connectivity index (χ3n) is 5.57. The second-order valence-corrected chi connectivity index (χ2v) is 7.72. The van der Waals surface area contributed by atoms with Crippen LogP contribution in [0, 0.1) is 11.3 Å². The van der Waals surface area contributed by atoms with Crippen LogP contribution in [0.1, 0.15) is 28.8 Å². The van der Waals surface area contributed by atoms with Crippen LogP contribution >= 0.6 is 0 Å². The van der Waals surface area contributed by atoms with Gasteiger partial charge in [-0.15, -0.1) is 0 Å². The minimum atomic E-state index is -0.143. The summed E-state index contributed by atoms with van der Waals surface area (Å²) in [5.74, 6) is 1.23. The first-order chi connectivity index (χ1) is 16.6. The molecule has 1 aromatic heterocycles. The average Bonchev–Trinajstić information content (AvgIpc) is 2.89. The Kier molecular flexibility index (Phi) is 7.20. The molecule has 0 saturated carbocycles. The zero-order valence-corrected chi connectivity index (χ0v) is 19.0. The van der Waals surface area contributed by atoms with Crippen molar-refractivity contribution in [3.63, 3.8) is 0 Å². The maximum Gasteiger partial charge on any atom is 0.251 e. The third kappa shape index (κ3) is 5.24. The Balaban J connectivity index is 1.47. The van der Waals surface area contributed by atoms with E-state index in [0.29, 0.717) is 47.5 Å². The van der Waals surface area contributed by atoms with E-state index >= 15 is 0 Å². The highest BCUT2D eigenvalue weighted by atomic mass is 16.5. The molecule has 34 heavy (non-hydrogen) atoms. The summed E-state index contributed by atoms with van der Waals surface area (Å²) in [6.07, 6.45) is 4.98. The molecule has 0 atom stereocenters. The fourth-order valence-electron chi connectivity index (χ4n) is 3.67. The molecule has 3 aromatic rings. The predicted molar refractivity (Wildman–Crippen MR) is 126 cm³/mol. The molecular formula is C25H25N5O4. The van der Waals surface area contributed by atoms with Crippen LogP contribution in [-0.4, -0.2) is 49.4 Å². The highest BCUT2D eigenvalue weighted by Gasteiger charge is 2.18. The molecule has 1 fully saturated rings. The number of nitriles is 1. The maximum atomic E-state index is 12.6. The summed E-state index contributed by atoms with van der Waals surface area (Å²) in [6.45, 7) is 1.32. The number of nitrogens with zero attached hydrogens (tertiary/aromatic N) is 3. The Morgan fingerprint density at radius 2 is 1.76 bits per heavy atom. The lowest BCUT2D eigenvalue weighted by molar-refractivity contribution is 0.0696. The highest BCUT2D eigenvalue weighted by Crippen LogP contribution is 2.29. The molecular weight excluding hydrogens is 434 g/mol.